The van der Waals surface area contributed by atoms with Gasteiger partial charge in [0.05, 0.1) is 22.8 Å². The van der Waals surface area contributed by atoms with Crippen LogP contribution in [0.4, 0.5) is 37.7 Å². The summed E-state index contributed by atoms with van der Waals surface area (Å²) in [6.07, 6.45) is -4.75. The standard InChI is InChI=1S/C24H18ClF6N3O2/c1-34(12-19(35)33-18-10-9-17(26)20(27)21(18)28)22(13-5-3-2-4-6-13)23(36)32-14-7-8-16(25)15(11-14)24(29,30)31/h2-11,22H,12H2,1H3,(H,32,36)(H,33,35). The summed E-state index contributed by atoms with van der Waals surface area (Å²) < 4.78 is 80.1. The van der Waals surface area contributed by atoms with E-state index in [4.69, 9.17) is 11.6 Å². The predicted octanol–water partition coefficient (Wildman–Crippen LogP) is 6.03. The van der Waals surface area contributed by atoms with Crippen LogP contribution < -0.4 is 10.6 Å². The lowest BCUT2D eigenvalue weighted by Gasteiger charge is -2.27. The predicted molar refractivity (Wildman–Crippen MR) is 122 cm³/mol. The smallest absolute Gasteiger partial charge is 0.324 e. The Hall–Kier alpha value is -3.57. The lowest BCUT2D eigenvalue weighted by molar-refractivity contribution is -0.137. The van der Waals surface area contributed by atoms with Crippen LogP contribution in [0.5, 0.6) is 0 Å². The van der Waals surface area contributed by atoms with Crippen molar-refractivity contribution in [1.29, 1.82) is 0 Å². The highest BCUT2D eigenvalue weighted by Gasteiger charge is 2.34. The van der Waals surface area contributed by atoms with Crippen LogP contribution in [0, 0.1) is 17.5 Å². The fourth-order valence-corrected chi connectivity index (χ4v) is 3.63. The quantitative estimate of drug-likeness (QED) is 0.290. The zero-order valence-corrected chi connectivity index (χ0v) is 19.2. The molecule has 5 nitrogen and oxygen atoms in total. The number of carbonyl (C=O) groups excluding carboxylic acids is 2. The molecule has 190 valence electrons. The van der Waals surface area contributed by atoms with Crippen molar-refractivity contribution >= 4 is 34.8 Å². The number of hydrogen-bond acceptors (Lipinski definition) is 3. The number of alkyl halides is 3. The van der Waals surface area contributed by atoms with Gasteiger partial charge in [0, 0.05) is 5.69 Å². The first-order valence-corrected chi connectivity index (χ1v) is 10.6. The third kappa shape index (κ3) is 6.35. The Kier molecular flexibility index (Phi) is 8.26. The van der Waals surface area contributed by atoms with Crippen molar-refractivity contribution in [3.05, 3.63) is 94.3 Å². The minimum atomic E-state index is -4.75. The molecule has 0 bridgehead atoms. The number of rotatable bonds is 7. The summed E-state index contributed by atoms with van der Waals surface area (Å²) in [5.41, 5.74) is -1.53. The summed E-state index contributed by atoms with van der Waals surface area (Å²) >= 11 is 5.62. The molecular formula is C24H18ClF6N3O2. The second-order valence-corrected chi connectivity index (χ2v) is 8.09. The maximum absolute atomic E-state index is 13.9. The van der Waals surface area contributed by atoms with E-state index >= 15 is 0 Å². The molecule has 1 unspecified atom stereocenters. The monoisotopic (exact) mass is 529 g/mol. The first-order chi connectivity index (χ1) is 16.9. The van der Waals surface area contributed by atoms with Crippen LogP contribution in [0.3, 0.4) is 0 Å². The van der Waals surface area contributed by atoms with Gasteiger partial charge < -0.3 is 10.6 Å². The van der Waals surface area contributed by atoms with Gasteiger partial charge in [0.2, 0.25) is 11.8 Å². The van der Waals surface area contributed by atoms with Crippen LogP contribution in [0.2, 0.25) is 5.02 Å². The minimum absolute atomic E-state index is 0.181. The second-order valence-electron chi connectivity index (χ2n) is 7.68. The molecule has 0 aliphatic rings. The van der Waals surface area contributed by atoms with E-state index in [9.17, 15) is 35.9 Å². The Labute approximate surface area is 206 Å². The number of amides is 2. The molecule has 0 radical (unpaired) electrons. The molecule has 1 atom stereocenters. The largest absolute Gasteiger partial charge is 0.417 e. The second kappa shape index (κ2) is 11.0. The summed E-state index contributed by atoms with van der Waals surface area (Å²) in [6, 6.07) is 11.2. The molecule has 0 heterocycles. The van der Waals surface area contributed by atoms with Gasteiger partial charge in [-0.1, -0.05) is 41.9 Å². The lowest BCUT2D eigenvalue weighted by atomic mass is 10.0. The van der Waals surface area contributed by atoms with Gasteiger partial charge in [0.1, 0.15) is 6.04 Å². The Balaban J connectivity index is 1.82. The number of halogens is 7. The molecule has 3 aromatic carbocycles. The van der Waals surface area contributed by atoms with Gasteiger partial charge in [-0.15, -0.1) is 0 Å². The number of nitrogens with one attached hydrogen (secondary N) is 2. The highest BCUT2D eigenvalue weighted by atomic mass is 35.5. The van der Waals surface area contributed by atoms with E-state index in [0.717, 1.165) is 12.1 Å². The summed E-state index contributed by atoms with van der Waals surface area (Å²) in [6.45, 7) is -0.514. The summed E-state index contributed by atoms with van der Waals surface area (Å²) in [7, 11) is 1.38. The van der Waals surface area contributed by atoms with E-state index in [2.05, 4.69) is 10.6 Å². The van der Waals surface area contributed by atoms with Crippen molar-refractivity contribution in [3.8, 4) is 0 Å². The summed E-state index contributed by atoms with van der Waals surface area (Å²) in [5, 5.41) is 3.94. The van der Waals surface area contributed by atoms with Crippen molar-refractivity contribution in [1.82, 2.24) is 4.90 Å². The van der Waals surface area contributed by atoms with E-state index in [1.807, 2.05) is 0 Å². The molecule has 36 heavy (non-hydrogen) atoms. The van der Waals surface area contributed by atoms with Crippen LogP contribution in [0.25, 0.3) is 0 Å². The van der Waals surface area contributed by atoms with E-state index in [0.29, 0.717) is 17.7 Å². The molecular weight excluding hydrogens is 512 g/mol. The number of hydrogen-bond donors (Lipinski definition) is 2. The molecule has 2 amide bonds. The Morgan fingerprint density at radius 3 is 2.25 bits per heavy atom. The molecule has 0 fully saturated rings. The third-order valence-electron chi connectivity index (χ3n) is 5.05. The van der Waals surface area contributed by atoms with Gasteiger partial charge in [-0.25, -0.2) is 13.2 Å². The SMILES string of the molecule is CN(CC(=O)Nc1ccc(F)c(F)c1F)C(C(=O)Nc1ccc(Cl)c(C(F)(F)F)c1)c1ccccc1. The Bertz CT molecular complexity index is 1270. The normalized spacial score (nSPS) is 12.4. The van der Waals surface area contributed by atoms with Gasteiger partial charge in [0.25, 0.3) is 0 Å². The fraction of sp³-hybridized carbons (Fsp3) is 0.167. The molecule has 3 rings (SSSR count). The fourth-order valence-electron chi connectivity index (χ4n) is 3.40. The number of anilines is 2. The molecule has 2 N–H and O–H groups in total. The minimum Gasteiger partial charge on any atom is -0.324 e. The van der Waals surface area contributed by atoms with Crippen LogP contribution in [0.15, 0.2) is 60.7 Å². The highest BCUT2D eigenvalue weighted by molar-refractivity contribution is 6.31. The number of likely N-dealkylation sites (N-methyl/N-ethyl adjacent to an activating group) is 1. The van der Waals surface area contributed by atoms with Crippen LogP contribution >= 0.6 is 11.6 Å². The maximum Gasteiger partial charge on any atom is 0.417 e. The molecule has 0 aromatic heterocycles. The van der Waals surface area contributed by atoms with Gasteiger partial charge >= 0.3 is 6.18 Å². The van der Waals surface area contributed by atoms with Crippen molar-refractivity contribution in [2.45, 2.75) is 12.2 Å². The average molecular weight is 530 g/mol. The zero-order chi connectivity index (χ0) is 26.6. The first-order valence-electron chi connectivity index (χ1n) is 10.2. The van der Waals surface area contributed by atoms with Crippen LogP contribution in [-0.4, -0.2) is 30.3 Å². The topological polar surface area (TPSA) is 61.4 Å². The van der Waals surface area contributed by atoms with E-state index in [1.54, 1.807) is 30.3 Å². The van der Waals surface area contributed by atoms with E-state index < -0.39 is 64.3 Å². The summed E-state index contributed by atoms with van der Waals surface area (Å²) in [5.74, 6) is -6.41. The molecule has 0 saturated heterocycles. The van der Waals surface area contributed by atoms with Gasteiger partial charge in [-0.3, -0.25) is 14.5 Å². The lowest BCUT2D eigenvalue weighted by Crippen LogP contribution is -2.39. The number of nitrogens with zero attached hydrogens (tertiary/aromatic N) is 1. The van der Waals surface area contributed by atoms with Gasteiger partial charge in [-0.05, 0) is 42.9 Å². The molecule has 3 aromatic rings. The van der Waals surface area contributed by atoms with Gasteiger partial charge in [0.15, 0.2) is 17.5 Å². The van der Waals surface area contributed by atoms with Crippen LogP contribution in [-0.2, 0) is 15.8 Å². The number of carbonyl (C=O) groups is 2. The van der Waals surface area contributed by atoms with E-state index in [1.165, 1.54) is 18.0 Å². The summed E-state index contributed by atoms with van der Waals surface area (Å²) in [4.78, 5) is 26.8. The maximum atomic E-state index is 13.9. The average Bonchev–Trinajstić information content (AvgIpc) is 2.81. The first kappa shape index (κ1) is 27.0. The van der Waals surface area contributed by atoms with Crippen molar-refractivity contribution in [3.63, 3.8) is 0 Å². The van der Waals surface area contributed by atoms with Crippen LogP contribution in [0.1, 0.15) is 17.2 Å². The van der Waals surface area contributed by atoms with Crippen molar-refractivity contribution in [2.75, 3.05) is 24.2 Å². The van der Waals surface area contributed by atoms with E-state index in [-0.39, 0.29) is 5.69 Å². The molecule has 0 aliphatic carbocycles. The molecule has 0 saturated carbocycles. The Morgan fingerprint density at radius 1 is 0.944 bits per heavy atom. The number of benzene rings is 3. The third-order valence-corrected chi connectivity index (χ3v) is 5.38. The zero-order valence-electron chi connectivity index (χ0n) is 18.5. The highest BCUT2D eigenvalue weighted by Crippen LogP contribution is 2.36. The van der Waals surface area contributed by atoms with Crippen molar-refractivity contribution in [2.24, 2.45) is 0 Å². The van der Waals surface area contributed by atoms with Crippen molar-refractivity contribution < 1.29 is 35.9 Å². The molecule has 0 aliphatic heterocycles. The van der Waals surface area contributed by atoms with Gasteiger partial charge in [-0.2, -0.15) is 13.2 Å². The molecule has 0 spiro atoms. The molecule has 12 heteroatoms. The Morgan fingerprint density at radius 2 is 1.61 bits per heavy atom.